The lowest BCUT2D eigenvalue weighted by molar-refractivity contribution is 0.449. The van der Waals surface area contributed by atoms with E-state index in [9.17, 15) is 13.6 Å². The number of aromatic amines is 1. The Morgan fingerprint density at radius 3 is 2.39 bits per heavy atom. The summed E-state index contributed by atoms with van der Waals surface area (Å²) >= 11 is 0. The van der Waals surface area contributed by atoms with Gasteiger partial charge in [0.2, 0.25) is 11.5 Å². The predicted molar refractivity (Wildman–Crippen MR) is 102 cm³/mol. The molecule has 28 heavy (non-hydrogen) atoms. The van der Waals surface area contributed by atoms with Crippen LogP contribution in [0.3, 0.4) is 0 Å². The van der Waals surface area contributed by atoms with E-state index in [0.29, 0.717) is 17.1 Å². The first kappa shape index (κ1) is 18.0. The number of aromatic nitrogens is 2. The van der Waals surface area contributed by atoms with E-state index in [-0.39, 0.29) is 17.4 Å². The average molecular weight is 380 g/mol. The molecule has 0 spiro atoms. The second kappa shape index (κ2) is 6.67. The number of pyridine rings is 2. The molecule has 1 aliphatic heterocycles. The van der Waals surface area contributed by atoms with Gasteiger partial charge in [-0.15, -0.1) is 0 Å². The molecule has 2 aromatic heterocycles. The topological polar surface area (TPSA) is 70.1 Å². The highest BCUT2D eigenvalue weighted by atomic mass is 19.1. The molecule has 0 unspecified atom stereocenters. The van der Waals surface area contributed by atoms with Crippen molar-refractivity contribution < 1.29 is 8.78 Å². The van der Waals surface area contributed by atoms with Crippen LogP contribution in [0.15, 0.2) is 64.5 Å². The summed E-state index contributed by atoms with van der Waals surface area (Å²) in [6.45, 7) is 3.80. The summed E-state index contributed by atoms with van der Waals surface area (Å²) in [4.78, 5) is 23.3. The van der Waals surface area contributed by atoms with Crippen LogP contribution >= 0.6 is 0 Å². The zero-order valence-electron chi connectivity index (χ0n) is 15.3. The minimum absolute atomic E-state index is 0.236. The van der Waals surface area contributed by atoms with Gasteiger partial charge in [-0.3, -0.25) is 4.79 Å². The maximum atomic E-state index is 13.5. The number of amidine groups is 1. The van der Waals surface area contributed by atoms with Crippen LogP contribution in [0, 0.1) is 18.7 Å². The van der Waals surface area contributed by atoms with Gasteiger partial charge in [-0.25, -0.2) is 14.4 Å². The smallest absolute Gasteiger partial charge is 0.248 e. The summed E-state index contributed by atoms with van der Waals surface area (Å²) in [5, 5.41) is 3.32. The Bertz CT molecular complexity index is 1060. The first-order valence-corrected chi connectivity index (χ1v) is 8.85. The molecular formula is C21H18F2N4O. The molecule has 0 saturated carbocycles. The second-order valence-corrected chi connectivity index (χ2v) is 6.85. The van der Waals surface area contributed by atoms with Crippen molar-refractivity contribution in [1.29, 1.82) is 0 Å². The Morgan fingerprint density at radius 1 is 1.00 bits per heavy atom. The molecule has 0 amide bonds. The molecule has 0 saturated heterocycles. The number of aryl methyl sites for hydroxylation is 1. The molecule has 0 fully saturated rings. The van der Waals surface area contributed by atoms with Crippen LogP contribution in [-0.2, 0) is 5.54 Å². The molecule has 7 heteroatoms. The SMILES string of the molecule is Cc1ccc(=O)[nH]c1C1=N[C@@](c2ccc(F)cc2)(c2ccc(F)nc2)[C@H](C)N1. The molecule has 0 aliphatic carbocycles. The quantitative estimate of drug-likeness (QED) is 0.686. The van der Waals surface area contributed by atoms with E-state index in [1.54, 1.807) is 24.3 Å². The molecule has 5 nitrogen and oxygen atoms in total. The summed E-state index contributed by atoms with van der Waals surface area (Å²) in [5.74, 6) is -0.442. The minimum Gasteiger partial charge on any atom is -0.363 e. The predicted octanol–water partition coefficient (Wildman–Crippen LogP) is 3.04. The number of nitrogens with zero attached hydrogens (tertiary/aromatic N) is 2. The van der Waals surface area contributed by atoms with E-state index in [4.69, 9.17) is 4.99 Å². The number of benzene rings is 1. The average Bonchev–Trinajstić information content (AvgIpc) is 3.03. The van der Waals surface area contributed by atoms with Gasteiger partial charge in [0.1, 0.15) is 17.2 Å². The fraction of sp³-hybridized carbons (Fsp3) is 0.190. The zero-order valence-corrected chi connectivity index (χ0v) is 15.3. The van der Waals surface area contributed by atoms with Crippen LogP contribution in [0.25, 0.3) is 0 Å². The Balaban J connectivity index is 1.96. The van der Waals surface area contributed by atoms with Gasteiger partial charge in [-0.05, 0) is 43.2 Å². The van der Waals surface area contributed by atoms with Crippen LogP contribution in [-0.4, -0.2) is 21.8 Å². The third-order valence-electron chi connectivity index (χ3n) is 5.08. The largest absolute Gasteiger partial charge is 0.363 e. The molecule has 3 aromatic rings. The molecule has 2 atom stereocenters. The minimum atomic E-state index is -0.955. The van der Waals surface area contributed by atoms with Gasteiger partial charge in [-0.1, -0.05) is 24.3 Å². The lowest BCUT2D eigenvalue weighted by Gasteiger charge is -2.31. The molecule has 0 radical (unpaired) electrons. The number of nitrogens with one attached hydrogen (secondary N) is 2. The number of H-pyrrole nitrogens is 1. The van der Waals surface area contributed by atoms with E-state index in [1.807, 2.05) is 13.8 Å². The first-order valence-electron chi connectivity index (χ1n) is 8.85. The second-order valence-electron chi connectivity index (χ2n) is 6.85. The third-order valence-corrected chi connectivity index (χ3v) is 5.08. The fourth-order valence-corrected chi connectivity index (χ4v) is 3.64. The monoisotopic (exact) mass is 380 g/mol. The van der Waals surface area contributed by atoms with Crippen LogP contribution in [0.5, 0.6) is 0 Å². The molecule has 142 valence electrons. The van der Waals surface area contributed by atoms with Crippen LogP contribution in [0.1, 0.15) is 29.3 Å². The van der Waals surface area contributed by atoms with Gasteiger partial charge >= 0.3 is 0 Å². The van der Waals surface area contributed by atoms with Gasteiger partial charge in [0.15, 0.2) is 0 Å². The van der Waals surface area contributed by atoms with E-state index < -0.39 is 11.5 Å². The number of hydrogen-bond donors (Lipinski definition) is 2. The Morgan fingerprint density at radius 2 is 1.71 bits per heavy atom. The van der Waals surface area contributed by atoms with E-state index in [2.05, 4.69) is 15.3 Å². The first-order chi connectivity index (χ1) is 13.4. The molecule has 1 aromatic carbocycles. The Kier molecular flexibility index (Phi) is 4.30. The third kappa shape index (κ3) is 2.89. The van der Waals surface area contributed by atoms with Crippen LogP contribution in [0.4, 0.5) is 8.78 Å². The van der Waals surface area contributed by atoms with Gasteiger partial charge in [-0.2, -0.15) is 4.39 Å². The van der Waals surface area contributed by atoms with Crippen molar-refractivity contribution in [2.75, 3.05) is 0 Å². The lowest BCUT2D eigenvalue weighted by atomic mass is 9.79. The summed E-state index contributed by atoms with van der Waals surface area (Å²) in [7, 11) is 0. The van der Waals surface area contributed by atoms with Crippen molar-refractivity contribution in [2.45, 2.75) is 25.4 Å². The molecule has 0 bridgehead atoms. The van der Waals surface area contributed by atoms with Crippen molar-refractivity contribution in [3.05, 3.63) is 99.2 Å². The van der Waals surface area contributed by atoms with Crippen molar-refractivity contribution in [1.82, 2.24) is 15.3 Å². The maximum absolute atomic E-state index is 13.5. The highest BCUT2D eigenvalue weighted by Gasteiger charge is 2.45. The summed E-state index contributed by atoms with van der Waals surface area (Å²) in [6, 6.07) is 11.9. The van der Waals surface area contributed by atoms with Crippen LogP contribution in [0.2, 0.25) is 0 Å². The standard InChI is InChI=1S/C21H18F2N4O/c1-12-3-10-18(28)26-19(12)20-25-13(2)21(27-20,14-4-7-16(22)8-5-14)15-6-9-17(23)24-11-15/h3-11,13H,1-2H3,(H,25,27)(H,26,28)/t13-,21-/m0/s1. The lowest BCUT2D eigenvalue weighted by Crippen LogP contribution is -2.41. The van der Waals surface area contributed by atoms with E-state index in [1.165, 1.54) is 30.5 Å². The van der Waals surface area contributed by atoms with Gasteiger partial charge in [0.05, 0.1) is 11.7 Å². The maximum Gasteiger partial charge on any atom is 0.248 e. The molecule has 1 aliphatic rings. The molecule has 2 N–H and O–H groups in total. The molecule has 3 heterocycles. The van der Waals surface area contributed by atoms with E-state index >= 15 is 0 Å². The summed E-state index contributed by atoms with van der Waals surface area (Å²) in [5.41, 5.74) is 1.63. The Hall–Kier alpha value is -3.35. The van der Waals surface area contributed by atoms with Crippen molar-refractivity contribution in [3.63, 3.8) is 0 Å². The van der Waals surface area contributed by atoms with Crippen molar-refractivity contribution in [3.8, 4) is 0 Å². The number of hydrogen-bond acceptors (Lipinski definition) is 4. The normalized spacial score (nSPS) is 21.3. The van der Waals surface area contributed by atoms with Crippen LogP contribution < -0.4 is 10.9 Å². The van der Waals surface area contributed by atoms with Gasteiger partial charge < -0.3 is 10.3 Å². The summed E-state index contributed by atoms with van der Waals surface area (Å²) in [6.07, 6.45) is 1.43. The highest BCUT2D eigenvalue weighted by Crippen LogP contribution is 2.40. The van der Waals surface area contributed by atoms with Gasteiger partial charge in [0.25, 0.3) is 0 Å². The van der Waals surface area contributed by atoms with Crippen molar-refractivity contribution >= 4 is 5.84 Å². The van der Waals surface area contributed by atoms with E-state index in [0.717, 1.165) is 11.1 Å². The zero-order chi connectivity index (χ0) is 19.9. The summed E-state index contributed by atoms with van der Waals surface area (Å²) < 4.78 is 27.0. The van der Waals surface area contributed by atoms with Gasteiger partial charge in [0, 0.05) is 17.8 Å². The van der Waals surface area contributed by atoms with Crippen molar-refractivity contribution in [2.24, 2.45) is 4.99 Å². The number of aliphatic imine (C=N–C) groups is 1. The Labute approximate surface area is 160 Å². The number of halogens is 2. The highest BCUT2D eigenvalue weighted by molar-refractivity contribution is 6.00. The molecular weight excluding hydrogens is 362 g/mol. The fourth-order valence-electron chi connectivity index (χ4n) is 3.64. The molecule has 4 rings (SSSR count). The number of rotatable bonds is 3.